The first-order valence-electron chi connectivity index (χ1n) is 9.80. The average Bonchev–Trinajstić information content (AvgIpc) is 3.25. The molecular formula is C25H21FN2O3. The maximum absolute atomic E-state index is 12.9. The lowest BCUT2D eigenvalue weighted by atomic mass is 10.0. The number of hydrogen-bond acceptors (Lipinski definition) is 4. The molecule has 0 aliphatic heterocycles. The monoisotopic (exact) mass is 416 g/mol. The number of nitrogens with one attached hydrogen (secondary N) is 1. The average molecular weight is 416 g/mol. The minimum absolute atomic E-state index is 0.174. The van der Waals surface area contributed by atoms with Gasteiger partial charge in [0.25, 0.3) is 5.91 Å². The van der Waals surface area contributed by atoms with Crippen LogP contribution in [0.2, 0.25) is 0 Å². The molecule has 1 aromatic heterocycles. The molecule has 156 valence electrons. The van der Waals surface area contributed by atoms with E-state index in [-0.39, 0.29) is 18.3 Å². The van der Waals surface area contributed by atoms with Crippen molar-refractivity contribution in [2.24, 2.45) is 0 Å². The highest BCUT2D eigenvalue weighted by Crippen LogP contribution is 2.28. The molecule has 0 unspecified atom stereocenters. The van der Waals surface area contributed by atoms with E-state index in [2.05, 4.69) is 28.5 Å². The fourth-order valence-corrected chi connectivity index (χ4v) is 3.11. The molecule has 0 atom stereocenters. The highest BCUT2D eigenvalue weighted by atomic mass is 19.1. The number of carbonyl (C=O) groups is 1. The van der Waals surface area contributed by atoms with Gasteiger partial charge in [-0.2, -0.15) is 0 Å². The van der Waals surface area contributed by atoms with E-state index in [4.69, 9.17) is 9.15 Å². The highest BCUT2D eigenvalue weighted by Gasteiger charge is 2.11. The van der Waals surface area contributed by atoms with Crippen molar-refractivity contribution in [3.8, 4) is 28.5 Å². The van der Waals surface area contributed by atoms with E-state index in [1.54, 1.807) is 18.4 Å². The summed E-state index contributed by atoms with van der Waals surface area (Å²) in [4.78, 5) is 16.7. The number of benzene rings is 3. The van der Waals surface area contributed by atoms with Crippen molar-refractivity contribution in [2.45, 2.75) is 13.8 Å². The Morgan fingerprint density at radius 2 is 1.77 bits per heavy atom. The molecule has 0 aliphatic rings. The SMILES string of the molecule is Cc1ccc(C)c(-c2coc(-c3ccc(NC(=O)COc4ccc(F)cc4)cc3)n2)c1. The first-order chi connectivity index (χ1) is 15.0. The zero-order chi connectivity index (χ0) is 21.8. The summed E-state index contributed by atoms with van der Waals surface area (Å²) < 4.78 is 23.9. The number of amides is 1. The van der Waals surface area contributed by atoms with E-state index in [9.17, 15) is 9.18 Å². The predicted octanol–water partition coefficient (Wildman–Crippen LogP) is 5.78. The van der Waals surface area contributed by atoms with Crippen molar-refractivity contribution in [1.29, 1.82) is 0 Å². The van der Waals surface area contributed by atoms with Crippen LogP contribution >= 0.6 is 0 Å². The van der Waals surface area contributed by atoms with Gasteiger partial charge >= 0.3 is 0 Å². The number of anilines is 1. The largest absolute Gasteiger partial charge is 0.484 e. The van der Waals surface area contributed by atoms with Gasteiger partial charge in [-0.15, -0.1) is 0 Å². The zero-order valence-corrected chi connectivity index (χ0v) is 17.2. The van der Waals surface area contributed by atoms with Crippen molar-refractivity contribution >= 4 is 11.6 Å². The van der Waals surface area contributed by atoms with Crippen molar-refractivity contribution in [3.05, 3.63) is 89.9 Å². The van der Waals surface area contributed by atoms with Crippen molar-refractivity contribution < 1.29 is 18.3 Å². The number of rotatable bonds is 6. The second kappa shape index (κ2) is 8.83. The normalized spacial score (nSPS) is 10.7. The number of oxazole rings is 1. The molecule has 0 saturated carbocycles. The summed E-state index contributed by atoms with van der Waals surface area (Å²) >= 11 is 0. The quantitative estimate of drug-likeness (QED) is 0.433. The fraction of sp³-hybridized carbons (Fsp3) is 0.120. The smallest absolute Gasteiger partial charge is 0.262 e. The molecule has 0 saturated heterocycles. The van der Waals surface area contributed by atoms with Crippen LogP contribution in [0.3, 0.4) is 0 Å². The molecule has 4 rings (SSSR count). The lowest BCUT2D eigenvalue weighted by Crippen LogP contribution is -2.20. The van der Waals surface area contributed by atoms with E-state index in [0.717, 1.165) is 27.9 Å². The molecule has 0 radical (unpaired) electrons. The van der Waals surface area contributed by atoms with Crippen molar-refractivity contribution in [1.82, 2.24) is 4.98 Å². The number of nitrogens with zero attached hydrogens (tertiary/aromatic N) is 1. The first kappa shape index (κ1) is 20.3. The first-order valence-corrected chi connectivity index (χ1v) is 9.80. The summed E-state index contributed by atoms with van der Waals surface area (Å²) in [5.41, 5.74) is 5.54. The second-order valence-corrected chi connectivity index (χ2v) is 7.22. The summed E-state index contributed by atoms with van der Waals surface area (Å²) in [6, 6.07) is 18.9. The molecule has 1 heterocycles. The Hall–Kier alpha value is -3.93. The molecule has 0 spiro atoms. The van der Waals surface area contributed by atoms with Crippen LogP contribution in [0.1, 0.15) is 11.1 Å². The maximum atomic E-state index is 12.9. The Morgan fingerprint density at radius 1 is 1.03 bits per heavy atom. The van der Waals surface area contributed by atoms with Crippen LogP contribution in [0.4, 0.5) is 10.1 Å². The second-order valence-electron chi connectivity index (χ2n) is 7.22. The Labute approximate surface area is 179 Å². The van der Waals surface area contributed by atoms with Gasteiger partial charge in [0, 0.05) is 16.8 Å². The van der Waals surface area contributed by atoms with E-state index >= 15 is 0 Å². The van der Waals surface area contributed by atoms with Crippen LogP contribution in [-0.2, 0) is 4.79 Å². The molecule has 0 fully saturated rings. The van der Waals surface area contributed by atoms with Crippen LogP contribution in [0.15, 0.2) is 77.4 Å². The van der Waals surface area contributed by atoms with E-state index in [0.29, 0.717) is 17.3 Å². The highest BCUT2D eigenvalue weighted by molar-refractivity contribution is 5.92. The van der Waals surface area contributed by atoms with Crippen LogP contribution in [0.25, 0.3) is 22.7 Å². The van der Waals surface area contributed by atoms with E-state index < -0.39 is 0 Å². The minimum atomic E-state index is -0.357. The molecular weight excluding hydrogens is 395 g/mol. The maximum Gasteiger partial charge on any atom is 0.262 e. The topological polar surface area (TPSA) is 64.4 Å². The molecule has 3 aromatic carbocycles. The standard InChI is InChI=1S/C25H21FN2O3/c1-16-3-4-17(2)22(13-16)23-14-31-25(28-23)18-5-9-20(10-6-18)27-24(29)15-30-21-11-7-19(26)8-12-21/h3-14H,15H2,1-2H3,(H,27,29). The molecule has 4 aromatic rings. The number of halogens is 1. The van der Waals surface area contributed by atoms with Crippen LogP contribution in [0.5, 0.6) is 5.75 Å². The molecule has 0 bridgehead atoms. The molecule has 1 amide bonds. The van der Waals surface area contributed by atoms with Gasteiger partial charge in [0.2, 0.25) is 5.89 Å². The summed E-state index contributed by atoms with van der Waals surface area (Å²) in [5, 5.41) is 2.76. The number of hydrogen-bond donors (Lipinski definition) is 1. The lowest BCUT2D eigenvalue weighted by Gasteiger charge is -2.08. The van der Waals surface area contributed by atoms with E-state index in [1.165, 1.54) is 24.3 Å². The third-order valence-corrected chi connectivity index (χ3v) is 4.77. The minimum Gasteiger partial charge on any atom is -0.484 e. The summed E-state index contributed by atoms with van der Waals surface area (Å²) in [5.74, 6) is 0.262. The number of aryl methyl sites for hydroxylation is 2. The van der Waals surface area contributed by atoms with Gasteiger partial charge in [-0.3, -0.25) is 4.79 Å². The molecule has 1 N–H and O–H groups in total. The Bertz CT molecular complexity index is 1200. The molecule has 31 heavy (non-hydrogen) atoms. The third kappa shape index (κ3) is 4.98. The van der Waals surface area contributed by atoms with E-state index in [1.807, 2.05) is 26.0 Å². The van der Waals surface area contributed by atoms with Gasteiger partial charge in [0.1, 0.15) is 23.5 Å². The Morgan fingerprint density at radius 3 is 2.52 bits per heavy atom. The molecule has 5 nitrogen and oxygen atoms in total. The Balaban J connectivity index is 1.39. The van der Waals surface area contributed by atoms with Gasteiger partial charge in [0.05, 0.1) is 0 Å². The van der Waals surface area contributed by atoms with Gasteiger partial charge < -0.3 is 14.5 Å². The van der Waals surface area contributed by atoms with Gasteiger partial charge in [-0.1, -0.05) is 17.7 Å². The van der Waals surface area contributed by atoms with Crippen molar-refractivity contribution in [2.75, 3.05) is 11.9 Å². The summed E-state index contributed by atoms with van der Waals surface area (Å²) in [6.45, 7) is 3.91. The van der Waals surface area contributed by atoms with Crippen molar-refractivity contribution in [3.63, 3.8) is 0 Å². The summed E-state index contributed by atoms with van der Waals surface area (Å²) in [6.07, 6.45) is 1.65. The molecule has 0 aliphatic carbocycles. The predicted molar refractivity (Wildman–Crippen MR) is 117 cm³/mol. The van der Waals surface area contributed by atoms with Gasteiger partial charge in [-0.25, -0.2) is 9.37 Å². The van der Waals surface area contributed by atoms with Crippen LogP contribution in [-0.4, -0.2) is 17.5 Å². The van der Waals surface area contributed by atoms with Gasteiger partial charge in [0.15, 0.2) is 6.61 Å². The lowest BCUT2D eigenvalue weighted by molar-refractivity contribution is -0.118. The van der Waals surface area contributed by atoms with Gasteiger partial charge in [-0.05, 0) is 74.0 Å². The summed E-state index contributed by atoms with van der Waals surface area (Å²) in [7, 11) is 0. The zero-order valence-electron chi connectivity index (χ0n) is 17.2. The Kier molecular flexibility index (Phi) is 5.80. The third-order valence-electron chi connectivity index (χ3n) is 4.77. The number of carbonyl (C=O) groups excluding carboxylic acids is 1. The van der Waals surface area contributed by atoms with Crippen LogP contribution in [0, 0.1) is 19.7 Å². The molecule has 6 heteroatoms. The number of aromatic nitrogens is 1. The fourth-order valence-electron chi connectivity index (χ4n) is 3.11. The number of ether oxygens (including phenoxy) is 1. The van der Waals surface area contributed by atoms with Crippen LogP contribution < -0.4 is 10.1 Å².